The summed E-state index contributed by atoms with van der Waals surface area (Å²) in [5.41, 5.74) is 3.11. The Morgan fingerprint density at radius 3 is 2.32 bits per heavy atom. The zero-order chi connectivity index (χ0) is 26.2. The van der Waals surface area contributed by atoms with Gasteiger partial charge in [-0.25, -0.2) is 0 Å². The lowest BCUT2D eigenvalue weighted by Crippen LogP contribution is -2.48. The predicted octanol–water partition coefficient (Wildman–Crippen LogP) is 5.10. The van der Waals surface area contributed by atoms with Crippen LogP contribution in [-0.4, -0.2) is 48.0 Å². The van der Waals surface area contributed by atoms with Crippen molar-refractivity contribution in [1.82, 2.24) is 10.2 Å². The van der Waals surface area contributed by atoms with Crippen LogP contribution < -0.4 is 20.3 Å². The molecule has 0 radical (unpaired) electrons. The summed E-state index contributed by atoms with van der Waals surface area (Å²) in [7, 11) is 0. The monoisotopic (exact) mass is 536 g/mol. The van der Waals surface area contributed by atoms with Gasteiger partial charge in [0.05, 0.1) is 10.7 Å². The molecule has 0 bridgehead atoms. The molecule has 0 unspecified atom stereocenters. The quantitative estimate of drug-likeness (QED) is 0.409. The van der Waals surface area contributed by atoms with Crippen molar-refractivity contribution in [3.8, 4) is 5.75 Å². The van der Waals surface area contributed by atoms with Crippen LogP contribution in [0.3, 0.4) is 0 Å². The van der Waals surface area contributed by atoms with E-state index in [4.69, 9.17) is 28.6 Å². The first-order valence-corrected chi connectivity index (χ1v) is 12.9. The van der Waals surface area contributed by atoms with E-state index in [0.29, 0.717) is 48.1 Å². The van der Waals surface area contributed by atoms with Crippen molar-refractivity contribution in [2.24, 2.45) is 0 Å². The zero-order valence-corrected chi connectivity index (χ0v) is 22.1. The second-order valence-corrected chi connectivity index (χ2v) is 9.41. The number of carbonyl (C=O) groups is 2. The van der Waals surface area contributed by atoms with Crippen LogP contribution in [0.2, 0.25) is 5.02 Å². The number of benzene rings is 3. The van der Waals surface area contributed by atoms with Crippen molar-refractivity contribution in [3.05, 3.63) is 88.9 Å². The van der Waals surface area contributed by atoms with Gasteiger partial charge < -0.3 is 19.9 Å². The van der Waals surface area contributed by atoms with Crippen LogP contribution in [0.5, 0.6) is 5.75 Å². The highest BCUT2D eigenvalue weighted by atomic mass is 35.5. The molecule has 1 fully saturated rings. The molecule has 0 aliphatic carbocycles. The Balaban J connectivity index is 1.27. The number of nitrogens with zero attached hydrogens (tertiary/aromatic N) is 2. The van der Waals surface area contributed by atoms with Crippen LogP contribution in [-0.2, 0) is 11.4 Å². The molecular weight excluding hydrogens is 508 g/mol. The summed E-state index contributed by atoms with van der Waals surface area (Å²) < 4.78 is 5.77. The van der Waals surface area contributed by atoms with E-state index in [1.807, 2.05) is 54.3 Å². The number of piperazine rings is 1. The average Bonchev–Trinajstić information content (AvgIpc) is 2.92. The molecule has 2 N–H and O–H groups in total. The fourth-order valence-corrected chi connectivity index (χ4v) is 4.55. The summed E-state index contributed by atoms with van der Waals surface area (Å²) in [5.74, 6) is 0.525. The molecule has 3 aromatic rings. The van der Waals surface area contributed by atoms with E-state index in [9.17, 15) is 9.59 Å². The van der Waals surface area contributed by atoms with Crippen molar-refractivity contribution >= 4 is 52.1 Å². The maximum atomic E-state index is 12.6. The molecule has 4 rings (SSSR count). The molecule has 1 saturated heterocycles. The van der Waals surface area contributed by atoms with Crippen molar-refractivity contribution in [2.75, 3.05) is 36.4 Å². The molecule has 3 aromatic carbocycles. The standard InChI is InChI=1S/C28H29ClN4O3S/c1-2-26(34)33-16-14-32(15-17-33)25-13-10-22(18-24(25)29)30-28(37)31-27(35)21-8-11-23(12-9-21)36-19-20-6-4-3-5-7-20/h3-13,18H,2,14-17,19H2,1H3,(H2,30,31,35,37). The summed E-state index contributed by atoms with van der Waals surface area (Å²) in [6.45, 7) is 5.14. The van der Waals surface area contributed by atoms with Crippen molar-refractivity contribution in [2.45, 2.75) is 20.0 Å². The van der Waals surface area contributed by atoms with Crippen LogP contribution in [0.4, 0.5) is 11.4 Å². The van der Waals surface area contributed by atoms with E-state index in [2.05, 4.69) is 15.5 Å². The lowest BCUT2D eigenvalue weighted by Gasteiger charge is -2.36. The third kappa shape index (κ3) is 7.21. The second-order valence-electron chi connectivity index (χ2n) is 8.59. The minimum Gasteiger partial charge on any atom is -0.489 e. The van der Waals surface area contributed by atoms with Crippen LogP contribution >= 0.6 is 23.8 Å². The topological polar surface area (TPSA) is 73.9 Å². The first-order chi connectivity index (χ1) is 17.9. The summed E-state index contributed by atoms with van der Waals surface area (Å²) in [4.78, 5) is 28.6. The largest absolute Gasteiger partial charge is 0.489 e. The summed E-state index contributed by atoms with van der Waals surface area (Å²) >= 11 is 11.9. The number of hydrogen-bond donors (Lipinski definition) is 2. The first kappa shape index (κ1) is 26.4. The number of hydrogen-bond acceptors (Lipinski definition) is 5. The van der Waals surface area contributed by atoms with Gasteiger partial charge in [0.15, 0.2) is 5.11 Å². The zero-order valence-electron chi connectivity index (χ0n) is 20.6. The van der Waals surface area contributed by atoms with E-state index in [0.717, 1.165) is 24.3 Å². The lowest BCUT2D eigenvalue weighted by atomic mass is 10.2. The molecule has 9 heteroatoms. The Kier molecular flexibility index (Phi) is 8.98. The van der Waals surface area contributed by atoms with Gasteiger partial charge in [0.25, 0.3) is 5.91 Å². The lowest BCUT2D eigenvalue weighted by molar-refractivity contribution is -0.131. The van der Waals surface area contributed by atoms with Crippen molar-refractivity contribution in [3.63, 3.8) is 0 Å². The molecule has 37 heavy (non-hydrogen) atoms. The number of carbonyl (C=O) groups excluding carboxylic acids is 2. The fraction of sp³-hybridized carbons (Fsp3) is 0.250. The number of thiocarbonyl (C=S) groups is 1. The summed E-state index contributed by atoms with van der Waals surface area (Å²) in [5, 5.41) is 6.44. The average molecular weight is 537 g/mol. The minimum absolute atomic E-state index is 0.171. The molecule has 7 nitrogen and oxygen atoms in total. The van der Waals surface area contributed by atoms with Gasteiger partial charge in [-0.1, -0.05) is 48.9 Å². The van der Waals surface area contributed by atoms with E-state index < -0.39 is 0 Å². The molecular formula is C28H29ClN4O3S. The highest BCUT2D eigenvalue weighted by Gasteiger charge is 2.21. The molecule has 2 amide bonds. The fourth-order valence-electron chi connectivity index (χ4n) is 4.04. The van der Waals surface area contributed by atoms with Gasteiger partial charge in [-0.15, -0.1) is 0 Å². The molecule has 0 spiro atoms. The smallest absolute Gasteiger partial charge is 0.257 e. The highest BCUT2D eigenvalue weighted by Crippen LogP contribution is 2.29. The van der Waals surface area contributed by atoms with Crippen LogP contribution in [0.25, 0.3) is 0 Å². The van der Waals surface area contributed by atoms with Crippen LogP contribution in [0.15, 0.2) is 72.8 Å². The molecule has 1 aliphatic rings. The number of ether oxygens (including phenoxy) is 1. The van der Waals surface area contributed by atoms with Gasteiger partial charge in [-0.3, -0.25) is 14.9 Å². The Hall–Kier alpha value is -3.62. The second kappa shape index (κ2) is 12.6. The van der Waals surface area contributed by atoms with Gasteiger partial charge >= 0.3 is 0 Å². The Bertz CT molecular complexity index is 1250. The maximum Gasteiger partial charge on any atom is 0.257 e. The van der Waals surface area contributed by atoms with Crippen LogP contribution in [0.1, 0.15) is 29.3 Å². The van der Waals surface area contributed by atoms with E-state index >= 15 is 0 Å². The number of halogens is 1. The molecule has 0 aromatic heterocycles. The molecule has 0 saturated carbocycles. The Morgan fingerprint density at radius 2 is 1.68 bits per heavy atom. The van der Waals surface area contributed by atoms with Gasteiger partial charge in [0.1, 0.15) is 12.4 Å². The van der Waals surface area contributed by atoms with Gasteiger partial charge in [0, 0.05) is 43.9 Å². The number of amides is 2. The molecule has 1 aliphatic heterocycles. The highest BCUT2D eigenvalue weighted by molar-refractivity contribution is 7.80. The number of anilines is 2. The normalized spacial score (nSPS) is 13.1. The third-order valence-corrected chi connectivity index (χ3v) is 6.58. The van der Waals surface area contributed by atoms with Gasteiger partial charge in [0.2, 0.25) is 5.91 Å². The number of nitrogens with one attached hydrogen (secondary N) is 2. The Labute approximate surface area is 227 Å². The van der Waals surface area contributed by atoms with Crippen molar-refractivity contribution < 1.29 is 14.3 Å². The summed E-state index contributed by atoms with van der Waals surface area (Å²) in [6, 6.07) is 22.3. The van der Waals surface area contributed by atoms with E-state index in [1.54, 1.807) is 30.3 Å². The van der Waals surface area contributed by atoms with Gasteiger partial charge in [-0.2, -0.15) is 0 Å². The molecule has 192 valence electrons. The SMILES string of the molecule is CCC(=O)N1CCN(c2ccc(NC(=S)NC(=O)c3ccc(OCc4ccccc4)cc3)cc2Cl)CC1. The minimum atomic E-state index is -0.325. The third-order valence-electron chi connectivity index (χ3n) is 6.07. The van der Waals surface area contributed by atoms with E-state index in [1.165, 1.54) is 0 Å². The Morgan fingerprint density at radius 1 is 0.973 bits per heavy atom. The van der Waals surface area contributed by atoms with Crippen LogP contribution in [0, 0.1) is 0 Å². The predicted molar refractivity (Wildman–Crippen MR) is 151 cm³/mol. The molecule has 0 atom stereocenters. The van der Waals surface area contributed by atoms with Gasteiger partial charge in [-0.05, 0) is 60.2 Å². The van der Waals surface area contributed by atoms with E-state index in [-0.39, 0.29) is 16.9 Å². The molecule has 1 heterocycles. The first-order valence-electron chi connectivity index (χ1n) is 12.1. The maximum absolute atomic E-state index is 12.6. The number of rotatable bonds is 7. The summed E-state index contributed by atoms with van der Waals surface area (Å²) in [6.07, 6.45) is 0.520. The van der Waals surface area contributed by atoms with Crippen molar-refractivity contribution in [1.29, 1.82) is 0 Å².